The average molecular weight is 244 g/mol. The Morgan fingerprint density at radius 3 is 1.56 bits per heavy atom. The van der Waals surface area contributed by atoms with Gasteiger partial charge in [-0.25, -0.2) is 0 Å². The molecule has 0 aromatic rings. The molecule has 1 atom stereocenters. The molecule has 98 valence electrons. The summed E-state index contributed by atoms with van der Waals surface area (Å²) in [4.78, 5) is 0. The Balaban J connectivity index is 4.44. The first-order valence-electron chi connectivity index (χ1n) is 7.31. The summed E-state index contributed by atoms with van der Waals surface area (Å²) in [7, 11) is -1.40. The Kier molecular flexibility index (Phi) is 9.33. The lowest BCUT2D eigenvalue weighted by atomic mass is 10.2. The maximum atomic E-state index is 6.54. The van der Waals surface area contributed by atoms with Crippen LogP contribution in [0.3, 0.4) is 0 Å². The first-order chi connectivity index (χ1) is 7.64. The molecule has 0 saturated carbocycles. The zero-order valence-corrected chi connectivity index (χ0v) is 13.1. The third-order valence-electron chi connectivity index (χ3n) is 3.26. The van der Waals surface area contributed by atoms with Crippen molar-refractivity contribution in [3.63, 3.8) is 0 Å². The molecule has 0 aromatic carbocycles. The predicted octanol–water partition coefficient (Wildman–Crippen LogP) is 5.37. The molecular weight excluding hydrogens is 212 g/mol. The van der Waals surface area contributed by atoms with Gasteiger partial charge in [0.05, 0.1) is 0 Å². The van der Waals surface area contributed by atoms with Crippen molar-refractivity contribution in [2.75, 3.05) is 0 Å². The minimum absolute atomic E-state index is 0.487. The summed E-state index contributed by atoms with van der Waals surface area (Å²) >= 11 is 0. The van der Waals surface area contributed by atoms with Crippen LogP contribution in [0, 0.1) is 0 Å². The number of hydrogen-bond donors (Lipinski definition) is 0. The number of hydrogen-bond acceptors (Lipinski definition) is 1. The van der Waals surface area contributed by atoms with Crippen LogP contribution < -0.4 is 0 Å². The van der Waals surface area contributed by atoms with Crippen LogP contribution in [0.25, 0.3) is 0 Å². The number of rotatable bonds is 10. The Morgan fingerprint density at radius 2 is 1.25 bits per heavy atom. The summed E-state index contributed by atoms with van der Waals surface area (Å²) < 4.78 is 6.54. The van der Waals surface area contributed by atoms with Gasteiger partial charge < -0.3 is 4.43 Å². The van der Waals surface area contributed by atoms with Crippen molar-refractivity contribution in [3.05, 3.63) is 0 Å². The summed E-state index contributed by atoms with van der Waals surface area (Å²) in [5, 5.41) is 0. The van der Waals surface area contributed by atoms with E-state index in [4.69, 9.17) is 4.43 Å². The fourth-order valence-corrected chi connectivity index (χ4v) is 7.62. The third kappa shape index (κ3) is 6.05. The van der Waals surface area contributed by atoms with E-state index < -0.39 is 8.32 Å². The Labute approximate surface area is 104 Å². The van der Waals surface area contributed by atoms with Gasteiger partial charge in [-0.05, 0) is 31.5 Å². The topological polar surface area (TPSA) is 9.23 Å². The maximum Gasteiger partial charge on any atom is 0.193 e. The van der Waals surface area contributed by atoms with Gasteiger partial charge in [0.25, 0.3) is 0 Å². The Bertz CT molecular complexity index is 142. The molecule has 0 rings (SSSR count). The SMILES string of the molecule is CCCC(C)O[Si](CCC)(CCC)CCC. The largest absolute Gasteiger partial charge is 0.414 e. The van der Waals surface area contributed by atoms with E-state index in [-0.39, 0.29) is 0 Å². The normalized spacial score (nSPS) is 14.1. The molecular formula is C14H32OSi. The minimum atomic E-state index is -1.40. The van der Waals surface area contributed by atoms with Crippen molar-refractivity contribution in [1.82, 2.24) is 0 Å². The molecule has 0 spiro atoms. The Morgan fingerprint density at radius 1 is 0.812 bits per heavy atom. The lowest BCUT2D eigenvalue weighted by Crippen LogP contribution is -2.40. The van der Waals surface area contributed by atoms with Gasteiger partial charge in [-0.2, -0.15) is 0 Å². The maximum absolute atomic E-state index is 6.54. The molecule has 0 heterocycles. The molecule has 0 saturated heterocycles. The van der Waals surface area contributed by atoms with Crippen LogP contribution >= 0.6 is 0 Å². The van der Waals surface area contributed by atoms with Crippen LogP contribution in [0.1, 0.15) is 66.7 Å². The molecule has 1 unspecified atom stereocenters. The second-order valence-corrected chi connectivity index (χ2v) is 9.25. The quantitative estimate of drug-likeness (QED) is 0.470. The standard InChI is InChI=1S/C14H32OSi/c1-6-10-14(5)15-16(11-7-2,12-8-3)13-9-4/h14H,6-13H2,1-5H3. The lowest BCUT2D eigenvalue weighted by molar-refractivity contribution is 0.192. The zero-order valence-electron chi connectivity index (χ0n) is 12.1. The van der Waals surface area contributed by atoms with Crippen molar-refractivity contribution in [1.29, 1.82) is 0 Å². The molecule has 0 bridgehead atoms. The highest BCUT2D eigenvalue weighted by molar-refractivity contribution is 6.73. The predicted molar refractivity (Wildman–Crippen MR) is 76.5 cm³/mol. The second kappa shape index (κ2) is 9.23. The van der Waals surface area contributed by atoms with Crippen LogP contribution in [-0.4, -0.2) is 14.4 Å². The van der Waals surface area contributed by atoms with Gasteiger partial charge in [0, 0.05) is 6.10 Å². The first-order valence-corrected chi connectivity index (χ1v) is 9.84. The minimum Gasteiger partial charge on any atom is -0.414 e. The third-order valence-corrected chi connectivity index (χ3v) is 8.40. The molecule has 0 N–H and O–H groups in total. The summed E-state index contributed by atoms with van der Waals surface area (Å²) in [6.45, 7) is 11.4. The van der Waals surface area contributed by atoms with Crippen molar-refractivity contribution in [3.8, 4) is 0 Å². The monoisotopic (exact) mass is 244 g/mol. The van der Waals surface area contributed by atoms with Gasteiger partial charge in [0.15, 0.2) is 8.32 Å². The van der Waals surface area contributed by atoms with Gasteiger partial charge in [0.1, 0.15) is 0 Å². The molecule has 0 amide bonds. The van der Waals surface area contributed by atoms with Crippen molar-refractivity contribution in [2.45, 2.75) is 91.0 Å². The van der Waals surface area contributed by atoms with E-state index in [0.717, 1.165) is 0 Å². The molecule has 0 aliphatic heterocycles. The van der Waals surface area contributed by atoms with Crippen molar-refractivity contribution in [2.24, 2.45) is 0 Å². The highest BCUT2D eigenvalue weighted by atomic mass is 28.4. The lowest BCUT2D eigenvalue weighted by Gasteiger charge is -2.34. The summed E-state index contributed by atoms with van der Waals surface area (Å²) in [5.41, 5.74) is 0. The molecule has 2 heteroatoms. The average Bonchev–Trinajstić information content (AvgIpc) is 2.18. The van der Waals surface area contributed by atoms with Gasteiger partial charge in [-0.3, -0.25) is 0 Å². The van der Waals surface area contributed by atoms with Crippen molar-refractivity contribution < 1.29 is 4.43 Å². The summed E-state index contributed by atoms with van der Waals surface area (Å²) in [6, 6.07) is 4.09. The van der Waals surface area contributed by atoms with Crippen LogP contribution in [-0.2, 0) is 4.43 Å². The van der Waals surface area contributed by atoms with Crippen LogP contribution in [0.5, 0.6) is 0 Å². The molecule has 1 nitrogen and oxygen atoms in total. The van der Waals surface area contributed by atoms with E-state index in [1.807, 2.05) is 0 Å². The highest BCUT2D eigenvalue weighted by Crippen LogP contribution is 2.29. The second-order valence-electron chi connectivity index (χ2n) is 5.15. The summed E-state index contributed by atoms with van der Waals surface area (Å²) in [5.74, 6) is 0. The van der Waals surface area contributed by atoms with E-state index in [1.54, 1.807) is 0 Å². The molecule has 0 radical (unpaired) electrons. The highest BCUT2D eigenvalue weighted by Gasteiger charge is 2.33. The first kappa shape index (κ1) is 16.2. The molecule has 0 aromatic heterocycles. The van der Waals surface area contributed by atoms with Gasteiger partial charge in [0.2, 0.25) is 0 Å². The van der Waals surface area contributed by atoms with Crippen LogP contribution in [0.4, 0.5) is 0 Å². The smallest absolute Gasteiger partial charge is 0.193 e. The van der Waals surface area contributed by atoms with Crippen LogP contribution in [0.15, 0.2) is 0 Å². The van der Waals surface area contributed by atoms with E-state index in [0.29, 0.717) is 6.10 Å². The molecule has 0 aliphatic carbocycles. The van der Waals surface area contributed by atoms with Crippen molar-refractivity contribution >= 4 is 8.32 Å². The summed E-state index contributed by atoms with van der Waals surface area (Å²) in [6.07, 6.45) is 6.85. The fourth-order valence-electron chi connectivity index (χ4n) is 2.81. The zero-order chi connectivity index (χ0) is 12.4. The Hall–Kier alpha value is 0.177. The molecule has 16 heavy (non-hydrogen) atoms. The van der Waals surface area contributed by atoms with Gasteiger partial charge in [-0.15, -0.1) is 0 Å². The molecule has 0 fully saturated rings. The van der Waals surface area contributed by atoms with Gasteiger partial charge in [-0.1, -0.05) is 53.4 Å². The van der Waals surface area contributed by atoms with E-state index in [1.165, 1.54) is 50.2 Å². The van der Waals surface area contributed by atoms with Gasteiger partial charge >= 0.3 is 0 Å². The van der Waals surface area contributed by atoms with Crippen LogP contribution in [0.2, 0.25) is 18.1 Å². The molecule has 0 aliphatic rings. The van der Waals surface area contributed by atoms with E-state index in [9.17, 15) is 0 Å². The fraction of sp³-hybridized carbons (Fsp3) is 1.00. The van der Waals surface area contributed by atoms with E-state index in [2.05, 4.69) is 34.6 Å². The van der Waals surface area contributed by atoms with E-state index >= 15 is 0 Å².